The molecular formula is C21H19N3O4. The SMILES string of the molecule is CCOc1cc(-c2nc(-c3ccc4oc(C5CN5)cc4c3)no2)ccc1OC. The molecule has 2 aromatic heterocycles. The second kappa shape index (κ2) is 6.69. The summed E-state index contributed by atoms with van der Waals surface area (Å²) < 4.78 is 22.3. The molecule has 3 heterocycles. The van der Waals surface area contributed by atoms with Gasteiger partial charge in [-0.2, -0.15) is 4.98 Å². The van der Waals surface area contributed by atoms with Crippen molar-refractivity contribution in [2.75, 3.05) is 20.3 Å². The maximum absolute atomic E-state index is 5.86. The summed E-state index contributed by atoms with van der Waals surface area (Å²) in [7, 11) is 1.61. The van der Waals surface area contributed by atoms with E-state index in [-0.39, 0.29) is 0 Å². The zero-order chi connectivity index (χ0) is 19.1. The number of nitrogens with one attached hydrogen (secondary N) is 1. The van der Waals surface area contributed by atoms with Crippen LogP contribution in [0.5, 0.6) is 11.5 Å². The van der Waals surface area contributed by atoms with Crippen LogP contribution in [-0.2, 0) is 0 Å². The number of fused-ring (bicyclic) bond motifs is 1. The van der Waals surface area contributed by atoms with Crippen LogP contribution in [0.4, 0.5) is 0 Å². The summed E-state index contributed by atoms with van der Waals surface area (Å²) in [5.74, 6) is 3.22. The Bertz CT molecular complexity index is 1140. The van der Waals surface area contributed by atoms with Gasteiger partial charge in [0.1, 0.15) is 11.3 Å². The highest BCUT2D eigenvalue weighted by Gasteiger charge is 2.26. The molecule has 28 heavy (non-hydrogen) atoms. The Hall–Kier alpha value is -3.32. The van der Waals surface area contributed by atoms with Crippen LogP contribution in [0.1, 0.15) is 18.7 Å². The van der Waals surface area contributed by atoms with Gasteiger partial charge in [-0.1, -0.05) is 5.16 Å². The molecule has 0 bridgehead atoms. The minimum Gasteiger partial charge on any atom is -0.493 e. The fourth-order valence-corrected chi connectivity index (χ4v) is 3.17. The van der Waals surface area contributed by atoms with Crippen LogP contribution in [0, 0.1) is 0 Å². The first kappa shape index (κ1) is 16.8. The molecule has 1 unspecified atom stereocenters. The minimum atomic E-state index is 0.335. The van der Waals surface area contributed by atoms with Gasteiger partial charge in [-0.25, -0.2) is 0 Å². The molecule has 2 aromatic carbocycles. The number of ether oxygens (including phenoxy) is 2. The van der Waals surface area contributed by atoms with Crippen molar-refractivity contribution in [2.24, 2.45) is 0 Å². The Morgan fingerprint density at radius 1 is 1.11 bits per heavy atom. The van der Waals surface area contributed by atoms with Gasteiger partial charge in [-0.15, -0.1) is 0 Å². The number of hydrogen-bond acceptors (Lipinski definition) is 7. The highest BCUT2D eigenvalue weighted by atomic mass is 16.5. The summed E-state index contributed by atoms with van der Waals surface area (Å²) in [5, 5.41) is 8.41. The fourth-order valence-electron chi connectivity index (χ4n) is 3.17. The maximum Gasteiger partial charge on any atom is 0.258 e. The molecule has 0 saturated carbocycles. The Kier molecular flexibility index (Phi) is 4.02. The van der Waals surface area contributed by atoms with Crippen LogP contribution in [0.15, 0.2) is 51.4 Å². The molecule has 7 heteroatoms. The van der Waals surface area contributed by atoms with Crippen LogP contribution in [0.25, 0.3) is 33.8 Å². The number of rotatable bonds is 6. The molecule has 1 aliphatic heterocycles. The lowest BCUT2D eigenvalue weighted by molar-refractivity contribution is 0.311. The van der Waals surface area contributed by atoms with Crippen molar-refractivity contribution in [1.82, 2.24) is 15.5 Å². The average molecular weight is 377 g/mol. The molecule has 1 N–H and O–H groups in total. The Labute approximate surface area is 161 Å². The van der Waals surface area contributed by atoms with E-state index in [4.69, 9.17) is 18.4 Å². The standard InChI is InChI=1S/C21H19N3O4/c1-3-26-19-9-13(5-7-17(19)25-2)21-23-20(24-28-21)12-4-6-16-14(8-12)10-18(27-16)15-11-22-15/h4-10,15,22H,3,11H2,1-2H3. The lowest BCUT2D eigenvalue weighted by Crippen LogP contribution is -1.95. The molecule has 142 valence electrons. The lowest BCUT2D eigenvalue weighted by Gasteiger charge is -2.09. The van der Waals surface area contributed by atoms with Gasteiger partial charge in [-0.3, -0.25) is 0 Å². The Balaban J connectivity index is 1.47. The van der Waals surface area contributed by atoms with Gasteiger partial charge >= 0.3 is 0 Å². The van der Waals surface area contributed by atoms with E-state index >= 15 is 0 Å². The highest BCUT2D eigenvalue weighted by molar-refractivity contribution is 5.83. The van der Waals surface area contributed by atoms with Crippen molar-refractivity contribution in [3.63, 3.8) is 0 Å². The zero-order valence-corrected chi connectivity index (χ0v) is 15.6. The summed E-state index contributed by atoms with van der Waals surface area (Å²) in [6.07, 6.45) is 0. The van der Waals surface area contributed by atoms with E-state index in [1.165, 1.54) is 0 Å². The zero-order valence-electron chi connectivity index (χ0n) is 15.6. The van der Waals surface area contributed by atoms with Crippen molar-refractivity contribution in [3.8, 4) is 34.3 Å². The average Bonchev–Trinajstić information content (AvgIpc) is 3.29. The quantitative estimate of drug-likeness (QED) is 0.503. The van der Waals surface area contributed by atoms with Crippen molar-refractivity contribution in [3.05, 3.63) is 48.2 Å². The van der Waals surface area contributed by atoms with Gasteiger partial charge in [0.05, 0.1) is 19.8 Å². The summed E-state index contributed by atoms with van der Waals surface area (Å²) in [4.78, 5) is 4.55. The maximum atomic E-state index is 5.86. The number of methoxy groups -OCH3 is 1. The predicted molar refractivity (Wildman–Crippen MR) is 103 cm³/mol. The monoisotopic (exact) mass is 377 g/mol. The van der Waals surface area contributed by atoms with Crippen LogP contribution >= 0.6 is 0 Å². The third kappa shape index (κ3) is 2.99. The number of furan rings is 1. The summed E-state index contributed by atoms with van der Waals surface area (Å²) in [5.41, 5.74) is 2.50. The van der Waals surface area contributed by atoms with E-state index in [2.05, 4.69) is 21.5 Å². The molecule has 1 atom stereocenters. The second-order valence-corrected chi connectivity index (χ2v) is 6.58. The van der Waals surface area contributed by atoms with E-state index in [0.29, 0.717) is 35.9 Å². The van der Waals surface area contributed by atoms with Crippen LogP contribution in [0.3, 0.4) is 0 Å². The normalized spacial score (nSPS) is 15.7. The lowest BCUT2D eigenvalue weighted by atomic mass is 10.1. The van der Waals surface area contributed by atoms with Gasteiger partial charge in [0, 0.05) is 23.1 Å². The van der Waals surface area contributed by atoms with Crippen LogP contribution in [-0.4, -0.2) is 30.4 Å². The summed E-state index contributed by atoms with van der Waals surface area (Å²) in [6, 6.07) is 13.8. The number of aromatic nitrogens is 2. The van der Waals surface area contributed by atoms with Crippen molar-refractivity contribution >= 4 is 11.0 Å². The summed E-state index contributed by atoms with van der Waals surface area (Å²) in [6.45, 7) is 3.43. The molecule has 5 rings (SSSR count). The largest absolute Gasteiger partial charge is 0.493 e. The van der Waals surface area contributed by atoms with Crippen molar-refractivity contribution in [1.29, 1.82) is 0 Å². The molecule has 0 radical (unpaired) electrons. The van der Waals surface area contributed by atoms with E-state index < -0.39 is 0 Å². The van der Waals surface area contributed by atoms with E-state index in [0.717, 1.165) is 34.4 Å². The number of hydrogen-bond donors (Lipinski definition) is 1. The Morgan fingerprint density at radius 3 is 2.75 bits per heavy atom. The molecular weight excluding hydrogens is 358 g/mol. The van der Waals surface area contributed by atoms with Crippen molar-refractivity contribution < 1.29 is 18.4 Å². The first-order valence-electron chi connectivity index (χ1n) is 9.17. The van der Waals surface area contributed by atoms with Crippen LogP contribution in [0.2, 0.25) is 0 Å². The smallest absolute Gasteiger partial charge is 0.258 e. The third-order valence-corrected chi connectivity index (χ3v) is 4.68. The van der Waals surface area contributed by atoms with Gasteiger partial charge < -0.3 is 23.7 Å². The minimum absolute atomic E-state index is 0.335. The van der Waals surface area contributed by atoms with E-state index in [1.54, 1.807) is 7.11 Å². The molecule has 0 spiro atoms. The van der Waals surface area contributed by atoms with E-state index in [9.17, 15) is 0 Å². The van der Waals surface area contributed by atoms with Gasteiger partial charge in [-0.05, 0) is 49.4 Å². The predicted octanol–water partition coefficient (Wildman–Crippen LogP) is 4.20. The molecule has 4 aromatic rings. The van der Waals surface area contributed by atoms with Gasteiger partial charge in [0.2, 0.25) is 5.82 Å². The Morgan fingerprint density at radius 2 is 1.96 bits per heavy atom. The van der Waals surface area contributed by atoms with Gasteiger partial charge in [0.25, 0.3) is 5.89 Å². The van der Waals surface area contributed by atoms with Crippen molar-refractivity contribution in [2.45, 2.75) is 13.0 Å². The number of nitrogens with zero attached hydrogens (tertiary/aromatic N) is 2. The summed E-state index contributed by atoms with van der Waals surface area (Å²) >= 11 is 0. The molecule has 1 fully saturated rings. The molecule has 1 aliphatic rings. The number of benzene rings is 2. The third-order valence-electron chi connectivity index (χ3n) is 4.68. The highest BCUT2D eigenvalue weighted by Crippen LogP contribution is 2.34. The molecule has 0 aliphatic carbocycles. The second-order valence-electron chi connectivity index (χ2n) is 6.58. The fraction of sp³-hybridized carbons (Fsp3) is 0.238. The molecule has 7 nitrogen and oxygen atoms in total. The molecule has 1 saturated heterocycles. The topological polar surface area (TPSA) is 92.5 Å². The molecule has 0 amide bonds. The first-order chi connectivity index (χ1) is 13.7. The van der Waals surface area contributed by atoms with Gasteiger partial charge in [0.15, 0.2) is 11.5 Å². The van der Waals surface area contributed by atoms with Crippen LogP contribution < -0.4 is 14.8 Å². The van der Waals surface area contributed by atoms with E-state index in [1.807, 2.05) is 43.3 Å². The first-order valence-corrected chi connectivity index (χ1v) is 9.17.